The van der Waals surface area contributed by atoms with E-state index >= 15 is 0 Å². The molecule has 4 N–H and O–H groups in total. The molecule has 5 heterocycles. The summed E-state index contributed by atoms with van der Waals surface area (Å²) in [7, 11) is 0. The molecule has 180 valence electrons. The Balaban J connectivity index is 1.46. The number of rotatable bonds is 2. The molecule has 8 heteroatoms. The van der Waals surface area contributed by atoms with Crippen LogP contribution in [-0.2, 0) is 24.5 Å². The molecular formula is C26H30N2O6. The maximum atomic E-state index is 10.8. The van der Waals surface area contributed by atoms with Gasteiger partial charge in [0.1, 0.15) is 53.8 Å². The molecule has 2 aromatic carbocycles. The minimum atomic E-state index is -0.806. The molecule has 4 saturated heterocycles. The number of ether oxygens (including phenoxy) is 4. The number of aryl methyl sites for hydroxylation is 2. The van der Waals surface area contributed by atoms with Crippen molar-refractivity contribution in [3.8, 4) is 0 Å². The van der Waals surface area contributed by atoms with Crippen LogP contribution in [0.1, 0.15) is 16.7 Å². The van der Waals surface area contributed by atoms with Crippen LogP contribution >= 0.6 is 0 Å². The fourth-order valence-electron chi connectivity index (χ4n) is 6.77. The Hall–Kier alpha value is -2.20. The van der Waals surface area contributed by atoms with E-state index in [9.17, 15) is 10.2 Å². The third-order valence-corrected chi connectivity index (χ3v) is 8.28. The van der Waals surface area contributed by atoms with E-state index in [1.54, 1.807) is 0 Å². The Morgan fingerprint density at radius 1 is 0.882 bits per heavy atom. The van der Waals surface area contributed by atoms with Crippen LogP contribution in [0, 0.1) is 13.8 Å². The zero-order valence-corrected chi connectivity index (χ0v) is 19.2. The fraction of sp³-hybridized carbons (Fsp3) is 0.538. The largest absolute Gasteiger partial charge is 0.388 e. The normalized spacial score (nSPS) is 43.8. The molecule has 0 saturated carbocycles. The van der Waals surface area contributed by atoms with Crippen molar-refractivity contribution in [2.45, 2.75) is 67.7 Å². The summed E-state index contributed by atoms with van der Waals surface area (Å²) in [6.07, 6.45) is -3.67. The van der Waals surface area contributed by atoms with E-state index in [2.05, 4.69) is 66.9 Å². The third-order valence-electron chi connectivity index (χ3n) is 8.28. The van der Waals surface area contributed by atoms with Gasteiger partial charge in [0.25, 0.3) is 0 Å². The first-order valence-corrected chi connectivity index (χ1v) is 12.0. The first-order valence-electron chi connectivity index (χ1n) is 12.0. The van der Waals surface area contributed by atoms with Gasteiger partial charge in [-0.25, -0.2) is 0 Å². The molecule has 0 amide bonds. The number of hydrogen-bond acceptors (Lipinski definition) is 8. The molecule has 2 aromatic rings. The van der Waals surface area contributed by atoms with Gasteiger partial charge in [-0.2, -0.15) is 0 Å². The van der Waals surface area contributed by atoms with Gasteiger partial charge in [-0.3, -0.25) is 0 Å². The van der Waals surface area contributed by atoms with Crippen LogP contribution in [0.25, 0.3) is 0 Å². The lowest BCUT2D eigenvalue weighted by molar-refractivity contribution is -0.0834. The van der Waals surface area contributed by atoms with E-state index in [-0.39, 0.29) is 13.2 Å². The van der Waals surface area contributed by atoms with Gasteiger partial charge in [0.15, 0.2) is 0 Å². The fourth-order valence-corrected chi connectivity index (χ4v) is 6.77. The maximum absolute atomic E-state index is 10.8. The Labute approximate surface area is 198 Å². The molecule has 0 aliphatic carbocycles. The summed E-state index contributed by atoms with van der Waals surface area (Å²) in [4.78, 5) is 0. The second kappa shape index (κ2) is 7.16. The SMILES string of the molecule is Cc1ccc(N[C@]23c4cc(C)ccc4N[C@@]4(CO[C@@H]5[C@H](O)CO[C@@H]54)C2O[C@@H]2[C@H](O)CO[C@@H]23)cc1. The van der Waals surface area contributed by atoms with Crippen molar-refractivity contribution in [1.29, 1.82) is 0 Å². The summed E-state index contributed by atoms with van der Waals surface area (Å²) in [6, 6.07) is 14.6. The second-order valence-corrected chi connectivity index (χ2v) is 10.5. The topological polar surface area (TPSA) is 101 Å². The van der Waals surface area contributed by atoms with E-state index in [4.69, 9.17) is 18.9 Å². The Morgan fingerprint density at radius 2 is 1.59 bits per heavy atom. The lowest BCUT2D eigenvalue weighted by atomic mass is 9.66. The summed E-state index contributed by atoms with van der Waals surface area (Å²) >= 11 is 0. The Morgan fingerprint density at radius 3 is 2.38 bits per heavy atom. The highest BCUT2D eigenvalue weighted by molar-refractivity contribution is 5.68. The average molecular weight is 467 g/mol. The predicted molar refractivity (Wildman–Crippen MR) is 124 cm³/mol. The van der Waals surface area contributed by atoms with Crippen LogP contribution in [-0.4, -0.2) is 78.3 Å². The van der Waals surface area contributed by atoms with Gasteiger partial charge < -0.3 is 39.8 Å². The first kappa shape index (κ1) is 21.1. The van der Waals surface area contributed by atoms with Crippen LogP contribution in [0.3, 0.4) is 0 Å². The molecule has 5 aliphatic rings. The third kappa shape index (κ3) is 2.64. The van der Waals surface area contributed by atoms with Crippen molar-refractivity contribution >= 4 is 11.4 Å². The van der Waals surface area contributed by atoms with Crippen LogP contribution in [0.15, 0.2) is 42.5 Å². The van der Waals surface area contributed by atoms with Crippen molar-refractivity contribution in [2.24, 2.45) is 0 Å². The Bertz CT molecular complexity index is 1130. The van der Waals surface area contributed by atoms with E-state index in [1.807, 2.05) is 0 Å². The van der Waals surface area contributed by atoms with Gasteiger partial charge in [-0.05, 0) is 32.0 Å². The number of fused-ring (bicyclic) bond motifs is 8. The number of benzene rings is 2. The number of aliphatic hydroxyl groups excluding tert-OH is 2. The highest BCUT2D eigenvalue weighted by Gasteiger charge is 2.75. The van der Waals surface area contributed by atoms with Crippen LogP contribution in [0.4, 0.5) is 11.4 Å². The molecule has 34 heavy (non-hydrogen) atoms. The minimum absolute atomic E-state index is 0.219. The number of hydrogen-bond donors (Lipinski definition) is 4. The van der Waals surface area contributed by atoms with Crippen molar-refractivity contribution in [3.63, 3.8) is 0 Å². The van der Waals surface area contributed by atoms with Crippen molar-refractivity contribution in [3.05, 3.63) is 59.2 Å². The highest BCUT2D eigenvalue weighted by Crippen LogP contribution is 2.58. The highest BCUT2D eigenvalue weighted by atomic mass is 16.6. The smallest absolute Gasteiger partial charge is 0.123 e. The van der Waals surface area contributed by atoms with Crippen molar-refractivity contribution in [1.82, 2.24) is 0 Å². The summed E-state index contributed by atoms with van der Waals surface area (Å²) in [5.74, 6) is 0. The Kier molecular flexibility index (Phi) is 4.45. The molecule has 8 nitrogen and oxygen atoms in total. The molecule has 9 atom stereocenters. The lowest BCUT2D eigenvalue weighted by Gasteiger charge is -2.53. The second-order valence-electron chi connectivity index (χ2n) is 10.5. The molecule has 0 aromatic heterocycles. The molecule has 1 spiro atoms. The molecule has 4 fully saturated rings. The van der Waals surface area contributed by atoms with Gasteiger partial charge in [0.05, 0.1) is 19.8 Å². The van der Waals surface area contributed by atoms with E-state index in [1.165, 1.54) is 5.56 Å². The van der Waals surface area contributed by atoms with Crippen LogP contribution < -0.4 is 10.6 Å². The van der Waals surface area contributed by atoms with E-state index in [0.29, 0.717) is 6.61 Å². The molecule has 1 unspecified atom stereocenters. The van der Waals surface area contributed by atoms with Gasteiger partial charge in [0, 0.05) is 16.9 Å². The number of anilines is 2. The minimum Gasteiger partial charge on any atom is -0.388 e. The first-order chi connectivity index (χ1) is 16.4. The summed E-state index contributed by atoms with van der Waals surface area (Å²) in [6.45, 7) is 4.88. The summed E-state index contributed by atoms with van der Waals surface area (Å²) < 4.78 is 25.3. The van der Waals surface area contributed by atoms with E-state index < -0.39 is 53.8 Å². The van der Waals surface area contributed by atoms with E-state index in [0.717, 1.165) is 22.5 Å². The van der Waals surface area contributed by atoms with Crippen LogP contribution in [0.2, 0.25) is 0 Å². The zero-order chi connectivity index (χ0) is 23.2. The molecule has 5 aliphatic heterocycles. The van der Waals surface area contributed by atoms with Gasteiger partial charge >= 0.3 is 0 Å². The summed E-state index contributed by atoms with van der Waals surface area (Å²) in [5, 5.41) is 28.9. The van der Waals surface area contributed by atoms with Gasteiger partial charge in [-0.1, -0.05) is 35.4 Å². The van der Waals surface area contributed by atoms with Crippen molar-refractivity contribution in [2.75, 3.05) is 30.5 Å². The van der Waals surface area contributed by atoms with Crippen molar-refractivity contribution < 1.29 is 29.2 Å². The van der Waals surface area contributed by atoms with Gasteiger partial charge in [-0.15, -0.1) is 0 Å². The molecule has 0 radical (unpaired) electrons. The van der Waals surface area contributed by atoms with Gasteiger partial charge in [0.2, 0.25) is 0 Å². The standard InChI is InChI=1S/C26H30N2O6/c1-13-3-6-15(7-4-13)27-26-16-9-14(2)5-8-17(16)28-25(12-33-20-18(29)10-31-22(20)25)24(26)34-21-19(30)11-32-23(21)26/h3-9,18-24,27-30H,10-12H2,1-2H3/t18-,19-,20-,21-,22+,23+,24?,25-,26+/m1/s1. The molecule has 7 rings (SSSR count). The monoisotopic (exact) mass is 466 g/mol. The average Bonchev–Trinajstić information content (AvgIpc) is 3.56. The lowest BCUT2D eigenvalue weighted by Crippen LogP contribution is -2.70. The molecular weight excluding hydrogens is 436 g/mol. The van der Waals surface area contributed by atoms with Crippen LogP contribution in [0.5, 0.6) is 0 Å². The predicted octanol–water partition coefficient (Wildman–Crippen LogP) is 1.46. The molecule has 0 bridgehead atoms. The number of aliphatic hydroxyl groups is 2. The number of nitrogens with one attached hydrogen (secondary N) is 2. The zero-order valence-electron chi connectivity index (χ0n) is 19.2. The quantitative estimate of drug-likeness (QED) is 0.528. The maximum Gasteiger partial charge on any atom is 0.123 e. The summed E-state index contributed by atoms with van der Waals surface area (Å²) in [5.41, 5.74) is 3.64.